The van der Waals surface area contributed by atoms with E-state index in [1.165, 1.54) is 4.68 Å². The molecule has 0 spiro atoms. The van der Waals surface area contributed by atoms with E-state index in [0.717, 1.165) is 43.7 Å². The Morgan fingerprint density at radius 1 is 1.07 bits per heavy atom. The second-order valence-electron chi connectivity index (χ2n) is 7.46. The molecule has 0 N–H and O–H groups in total. The van der Waals surface area contributed by atoms with Gasteiger partial charge in [-0.25, -0.2) is 4.79 Å². The number of halogens is 1. The summed E-state index contributed by atoms with van der Waals surface area (Å²) in [6.07, 6.45) is 4.51. The largest absolute Gasteiger partial charge is 0.344 e. The normalized spacial score (nSPS) is 17.5. The number of carbonyl (C=O) groups is 2. The van der Waals surface area contributed by atoms with Gasteiger partial charge in [-0.15, -0.1) is 0 Å². The molecule has 28 heavy (non-hydrogen) atoms. The first-order valence-electron chi connectivity index (χ1n) is 9.62. The molecular weight excluding hydrogens is 378 g/mol. The quantitative estimate of drug-likeness (QED) is 0.792. The van der Waals surface area contributed by atoms with Crippen molar-refractivity contribution in [1.29, 1.82) is 0 Å². The van der Waals surface area contributed by atoms with Crippen LogP contribution < -0.4 is 0 Å². The summed E-state index contributed by atoms with van der Waals surface area (Å²) in [6.45, 7) is 7.15. The molecule has 2 aliphatic rings. The molecule has 3 heterocycles. The van der Waals surface area contributed by atoms with Gasteiger partial charge in [-0.1, -0.05) is 17.7 Å². The monoisotopic (exact) mass is 401 g/mol. The second-order valence-corrected chi connectivity index (χ2v) is 7.87. The summed E-state index contributed by atoms with van der Waals surface area (Å²) in [4.78, 5) is 30.7. The zero-order chi connectivity index (χ0) is 19.7. The van der Waals surface area contributed by atoms with Crippen LogP contribution in [-0.4, -0.2) is 75.7 Å². The van der Waals surface area contributed by atoms with Gasteiger partial charge < -0.3 is 9.80 Å². The van der Waals surface area contributed by atoms with Crippen molar-refractivity contribution in [3.05, 3.63) is 52.3 Å². The topological polar surface area (TPSA) is 61.7 Å². The fourth-order valence-corrected chi connectivity index (χ4v) is 3.75. The minimum absolute atomic E-state index is 0.0562. The zero-order valence-corrected chi connectivity index (χ0v) is 16.7. The summed E-state index contributed by atoms with van der Waals surface area (Å²) >= 11 is 6.45. The lowest BCUT2D eigenvalue weighted by molar-refractivity contribution is 0.0652. The van der Waals surface area contributed by atoms with Crippen LogP contribution in [0.4, 0.5) is 4.79 Å². The Morgan fingerprint density at radius 3 is 2.39 bits per heavy atom. The van der Waals surface area contributed by atoms with E-state index in [9.17, 15) is 9.59 Å². The smallest absolute Gasteiger partial charge is 0.339 e. The zero-order valence-electron chi connectivity index (χ0n) is 16.0. The van der Waals surface area contributed by atoms with Crippen molar-refractivity contribution < 1.29 is 9.59 Å². The molecule has 0 bridgehead atoms. The maximum atomic E-state index is 12.5. The SMILES string of the molecule is Cc1cnn(C(=O)N2CCN(Cc3ccc(C(=O)N4CCC4)cc3Cl)CC2)c1. The number of benzene rings is 1. The highest BCUT2D eigenvalue weighted by Gasteiger charge is 2.24. The van der Waals surface area contributed by atoms with Gasteiger partial charge in [0.1, 0.15) is 0 Å². The molecular formula is C20H24ClN5O2. The van der Waals surface area contributed by atoms with Gasteiger partial charge in [0, 0.05) is 62.6 Å². The fourth-order valence-electron chi connectivity index (χ4n) is 3.51. The first-order valence-corrected chi connectivity index (χ1v) is 9.99. The molecule has 1 aromatic carbocycles. The van der Waals surface area contributed by atoms with E-state index < -0.39 is 0 Å². The number of rotatable bonds is 3. The molecule has 2 aromatic rings. The van der Waals surface area contributed by atoms with Crippen molar-refractivity contribution in [3.8, 4) is 0 Å². The van der Waals surface area contributed by atoms with Gasteiger partial charge in [-0.2, -0.15) is 9.78 Å². The van der Waals surface area contributed by atoms with Crippen LogP contribution in [0.15, 0.2) is 30.6 Å². The van der Waals surface area contributed by atoms with E-state index in [1.807, 2.05) is 28.9 Å². The van der Waals surface area contributed by atoms with Crippen LogP contribution in [0, 0.1) is 6.92 Å². The van der Waals surface area contributed by atoms with E-state index in [4.69, 9.17) is 11.6 Å². The molecule has 4 rings (SSSR count). The van der Waals surface area contributed by atoms with E-state index in [2.05, 4.69) is 10.00 Å². The Balaban J connectivity index is 1.33. The average molecular weight is 402 g/mol. The van der Waals surface area contributed by atoms with Crippen LogP contribution in [0.3, 0.4) is 0 Å². The Hall–Kier alpha value is -2.38. The van der Waals surface area contributed by atoms with Gasteiger partial charge in [0.25, 0.3) is 5.91 Å². The van der Waals surface area contributed by atoms with Crippen LogP contribution in [0.5, 0.6) is 0 Å². The van der Waals surface area contributed by atoms with Crippen molar-refractivity contribution >= 4 is 23.5 Å². The number of carbonyl (C=O) groups excluding carboxylic acids is 2. The van der Waals surface area contributed by atoms with Gasteiger partial charge in [0.2, 0.25) is 0 Å². The van der Waals surface area contributed by atoms with Crippen LogP contribution >= 0.6 is 11.6 Å². The third-order valence-electron chi connectivity index (χ3n) is 5.39. The lowest BCUT2D eigenvalue weighted by Gasteiger charge is -2.34. The summed E-state index contributed by atoms with van der Waals surface area (Å²) in [5, 5.41) is 4.72. The molecule has 7 nitrogen and oxygen atoms in total. The number of aryl methyl sites for hydroxylation is 1. The first-order chi connectivity index (χ1) is 13.5. The fraction of sp³-hybridized carbons (Fsp3) is 0.450. The van der Waals surface area contributed by atoms with Crippen LogP contribution in [0.25, 0.3) is 0 Å². The molecule has 148 valence electrons. The van der Waals surface area contributed by atoms with Gasteiger partial charge in [0.05, 0.1) is 6.20 Å². The van der Waals surface area contributed by atoms with Crippen LogP contribution in [-0.2, 0) is 6.54 Å². The molecule has 8 heteroatoms. The van der Waals surface area contributed by atoms with Gasteiger partial charge >= 0.3 is 6.03 Å². The van der Waals surface area contributed by atoms with Crippen molar-refractivity contribution in [2.75, 3.05) is 39.3 Å². The summed E-state index contributed by atoms with van der Waals surface area (Å²) < 4.78 is 1.40. The molecule has 2 fully saturated rings. The summed E-state index contributed by atoms with van der Waals surface area (Å²) in [7, 11) is 0. The second kappa shape index (κ2) is 7.93. The molecule has 1 aromatic heterocycles. The van der Waals surface area contributed by atoms with Crippen LogP contribution in [0.2, 0.25) is 5.02 Å². The van der Waals surface area contributed by atoms with E-state index in [1.54, 1.807) is 18.5 Å². The number of aromatic nitrogens is 2. The molecule has 0 atom stereocenters. The third-order valence-corrected chi connectivity index (χ3v) is 5.74. The maximum absolute atomic E-state index is 12.5. The summed E-state index contributed by atoms with van der Waals surface area (Å²) in [6, 6.07) is 5.50. The minimum atomic E-state index is -0.0837. The van der Waals surface area contributed by atoms with E-state index in [0.29, 0.717) is 30.2 Å². The summed E-state index contributed by atoms with van der Waals surface area (Å²) in [5.41, 5.74) is 2.63. The highest BCUT2D eigenvalue weighted by atomic mass is 35.5. The Kier molecular flexibility index (Phi) is 5.37. The van der Waals surface area contributed by atoms with E-state index >= 15 is 0 Å². The van der Waals surface area contributed by atoms with Gasteiger partial charge in [-0.05, 0) is 36.6 Å². The molecule has 2 aliphatic heterocycles. The minimum Gasteiger partial charge on any atom is -0.339 e. The highest BCUT2D eigenvalue weighted by molar-refractivity contribution is 6.31. The number of amides is 2. The van der Waals surface area contributed by atoms with Crippen molar-refractivity contribution in [2.45, 2.75) is 19.9 Å². The summed E-state index contributed by atoms with van der Waals surface area (Å²) in [5.74, 6) is 0.0562. The van der Waals surface area contributed by atoms with Gasteiger partial charge in [0.15, 0.2) is 0 Å². The molecule has 0 aliphatic carbocycles. The number of nitrogens with zero attached hydrogens (tertiary/aromatic N) is 5. The predicted octanol–water partition coefficient (Wildman–Crippen LogP) is 2.48. The first kappa shape index (κ1) is 19.0. The van der Waals surface area contributed by atoms with Crippen molar-refractivity contribution in [3.63, 3.8) is 0 Å². The third kappa shape index (κ3) is 3.91. The number of likely N-dealkylation sites (tertiary alicyclic amines) is 1. The van der Waals surface area contributed by atoms with Crippen molar-refractivity contribution in [1.82, 2.24) is 24.5 Å². The lowest BCUT2D eigenvalue weighted by atomic mass is 10.1. The molecule has 0 unspecified atom stereocenters. The Morgan fingerprint density at radius 2 is 1.82 bits per heavy atom. The number of piperazine rings is 1. The Bertz CT molecular complexity index is 884. The predicted molar refractivity (Wildman–Crippen MR) is 107 cm³/mol. The standard InChI is InChI=1S/C20H24ClN5O2/c1-15-12-22-26(13-15)20(28)25-9-7-23(8-10-25)14-17-4-3-16(11-18(17)21)19(27)24-5-2-6-24/h3-4,11-13H,2,5-10,14H2,1H3. The van der Waals surface area contributed by atoms with E-state index in [-0.39, 0.29) is 11.9 Å². The molecule has 2 amide bonds. The molecule has 0 radical (unpaired) electrons. The van der Waals surface area contributed by atoms with Gasteiger partial charge in [-0.3, -0.25) is 9.69 Å². The maximum Gasteiger partial charge on any atom is 0.344 e. The Labute approximate surface area is 169 Å². The molecule has 0 saturated carbocycles. The van der Waals surface area contributed by atoms with Crippen LogP contribution in [0.1, 0.15) is 27.9 Å². The van der Waals surface area contributed by atoms with Crippen molar-refractivity contribution in [2.24, 2.45) is 0 Å². The number of hydrogen-bond donors (Lipinski definition) is 0. The molecule has 2 saturated heterocycles. The lowest BCUT2D eigenvalue weighted by Crippen LogP contribution is -2.49. The highest BCUT2D eigenvalue weighted by Crippen LogP contribution is 2.22. The average Bonchev–Trinajstić information content (AvgIpc) is 3.08. The number of hydrogen-bond acceptors (Lipinski definition) is 4.